The van der Waals surface area contributed by atoms with E-state index in [-0.39, 0.29) is 30.1 Å². The van der Waals surface area contributed by atoms with Crippen LogP contribution in [0, 0.1) is 6.92 Å². The maximum Gasteiger partial charge on any atom is 0.193 e. The van der Waals surface area contributed by atoms with Crippen LogP contribution in [0.1, 0.15) is 25.0 Å². The zero-order valence-electron chi connectivity index (χ0n) is 15.1. The van der Waals surface area contributed by atoms with E-state index in [0.717, 1.165) is 28.3 Å². The van der Waals surface area contributed by atoms with Gasteiger partial charge in [-0.05, 0) is 62.2 Å². The Morgan fingerprint density at radius 2 is 1.84 bits per heavy atom. The number of aliphatic imine (C=N–C) groups is 1. The number of ether oxygens (including phenoxy) is 2. The minimum absolute atomic E-state index is 0. The number of halogens is 1. The largest absolute Gasteiger partial charge is 0.496 e. The lowest BCUT2D eigenvalue weighted by Gasteiger charge is -2.11. The van der Waals surface area contributed by atoms with E-state index in [1.807, 2.05) is 63.2 Å². The topological polar surface area (TPSA) is 68.9 Å². The van der Waals surface area contributed by atoms with Gasteiger partial charge < -0.3 is 20.5 Å². The van der Waals surface area contributed by atoms with Crippen molar-refractivity contribution >= 4 is 35.6 Å². The molecule has 2 aromatic carbocycles. The molecule has 2 rings (SSSR count). The summed E-state index contributed by atoms with van der Waals surface area (Å²) in [5.41, 5.74) is 8.96. The molecule has 0 aliphatic carbocycles. The van der Waals surface area contributed by atoms with Crippen molar-refractivity contribution in [1.29, 1.82) is 0 Å². The van der Waals surface area contributed by atoms with Crippen LogP contribution in [0.3, 0.4) is 0 Å². The van der Waals surface area contributed by atoms with Crippen molar-refractivity contribution in [1.82, 2.24) is 0 Å². The summed E-state index contributed by atoms with van der Waals surface area (Å²) in [4.78, 5) is 4.36. The number of guanidine groups is 1. The first kappa shape index (κ1) is 21.1. The average Bonchev–Trinajstić information content (AvgIpc) is 2.55. The molecule has 0 aliphatic heterocycles. The first-order valence-corrected chi connectivity index (χ1v) is 7.95. The zero-order chi connectivity index (χ0) is 17.5. The monoisotopic (exact) mass is 455 g/mol. The van der Waals surface area contributed by atoms with Crippen LogP contribution in [-0.2, 0) is 6.54 Å². The fourth-order valence-electron chi connectivity index (χ4n) is 2.22. The first-order valence-electron chi connectivity index (χ1n) is 7.95. The number of anilines is 1. The molecule has 0 aromatic heterocycles. The van der Waals surface area contributed by atoms with Gasteiger partial charge in [-0.25, -0.2) is 4.99 Å². The number of nitrogens with two attached hydrogens (primary N) is 1. The van der Waals surface area contributed by atoms with Crippen molar-refractivity contribution in [3.63, 3.8) is 0 Å². The van der Waals surface area contributed by atoms with E-state index in [4.69, 9.17) is 15.2 Å². The van der Waals surface area contributed by atoms with Crippen molar-refractivity contribution in [2.45, 2.75) is 33.4 Å². The molecule has 0 aliphatic rings. The molecular formula is C19H26IN3O2. The van der Waals surface area contributed by atoms with Crippen molar-refractivity contribution in [3.8, 4) is 11.5 Å². The van der Waals surface area contributed by atoms with E-state index in [0.29, 0.717) is 12.5 Å². The third-order valence-electron chi connectivity index (χ3n) is 3.40. The van der Waals surface area contributed by atoms with Crippen LogP contribution in [0.4, 0.5) is 5.69 Å². The van der Waals surface area contributed by atoms with Gasteiger partial charge >= 0.3 is 0 Å². The summed E-state index contributed by atoms with van der Waals surface area (Å²) < 4.78 is 10.9. The van der Waals surface area contributed by atoms with E-state index < -0.39 is 0 Å². The van der Waals surface area contributed by atoms with Crippen molar-refractivity contribution in [2.24, 2.45) is 10.7 Å². The fraction of sp³-hybridized carbons (Fsp3) is 0.316. The average molecular weight is 455 g/mol. The quantitative estimate of drug-likeness (QED) is 0.387. The predicted octanol–water partition coefficient (Wildman–Crippen LogP) is 4.34. The number of hydrogen-bond acceptors (Lipinski definition) is 3. The van der Waals surface area contributed by atoms with Gasteiger partial charge in [0.2, 0.25) is 0 Å². The van der Waals surface area contributed by atoms with Gasteiger partial charge in [0.25, 0.3) is 0 Å². The molecule has 0 amide bonds. The van der Waals surface area contributed by atoms with Crippen LogP contribution in [0.5, 0.6) is 11.5 Å². The Labute approximate surface area is 166 Å². The molecule has 3 N–H and O–H groups in total. The fourth-order valence-corrected chi connectivity index (χ4v) is 2.22. The van der Waals surface area contributed by atoms with Crippen LogP contribution in [0.15, 0.2) is 47.5 Å². The van der Waals surface area contributed by atoms with Crippen molar-refractivity contribution in [3.05, 3.63) is 53.6 Å². The first-order chi connectivity index (χ1) is 11.5. The predicted molar refractivity (Wildman–Crippen MR) is 114 cm³/mol. The number of aryl methyl sites for hydroxylation is 1. The summed E-state index contributed by atoms with van der Waals surface area (Å²) in [6.45, 7) is 6.49. The molecule has 136 valence electrons. The summed E-state index contributed by atoms with van der Waals surface area (Å²) in [5, 5.41) is 3.07. The van der Waals surface area contributed by atoms with E-state index in [2.05, 4.69) is 10.3 Å². The molecule has 5 nitrogen and oxygen atoms in total. The molecule has 0 saturated carbocycles. The molecule has 0 radical (unpaired) electrons. The second-order valence-corrected chi connectivity index (χ2v) is 5.82. The smallest absolute Gasteiger partial charge is 0.193 e. The zero-order valence-corrected chi connectivity index (χ0v) is 17.4. The van der Waals surface area contributed by atoms with E-state index in [1.54, 1.807) is 7.11 Å². The Hall–Kier alpha value is -1.96. The van der Waals surface area contributed by atoms with Gasteiger partial charge in [-0.3, -0.25) is 0 Å². The maximum absolute atomic E-state index is 5.95. The molecule has 0 saturated heterocycles. The molecule has 0 unspecified atom stereocenters. The van der Waals surface area contributed by atoms with Gasteiger partial charge in [-0.2, -0.15) is 0 Å². The van der Waals surface area contributed by atoms with Crippen LogP contribution in [0.2, 0.25) is 0 Å². The molecule has 0 heterocycles. The Bertz CT molecular complexity index is 700. The standard InChI is InChI=1S/C19H25N3O2.HI/c1-13(2)24-17-9-7-16(8-10-17)22-19(20)21-12-15-6-5-14(3)18(11-15)23-4;/h5-11,13H,12H2,1-4H3,(H3,20,21,22);1H. The molecule has 0 fully saturated rings. The van der Waals surface area contributed by atoms with Gasteiger partial charge in [0.15, 0.2) is 5.96 Å². The normalized spacial score (nSPS) is 11.0. The molecule has 0 atom stereocenters. The summed E-state index contributed by atoms with van der Waals surface area (Å²) >= 11 is 0. The summed E-state index contributed by atoms with van der Waals surface area (Å²) in [7, 11) is 1.66. The van der Waals surface area contributed by atoms with Gasteiger partial charge in [0.1, 0.15) is 11.5 Å². The minimum Gasteiger partial charge on any atom is -0.496 e. The number of nitrogens with zero attached hydrogens (tertiary/aromatic N) is 1. The molecular weight excluding hydrogens is 429 g/mol. The molecule has 6 heteroatoms. The number of rotatable bonds is 6. The lowest BCUT2D eigenvalue weighted by atomic mass is 10.1. The second kappa shape index (κ2) is 10.1. The van der Waals surface area contributed by atoms with Crippen LogP contribution in [-0.4, -0.2) is 19.2 Å². The lowest BCUT2D eigenvalue weighted by Crippen LogP contribution is -2.22. The van der Waals surface area contributed by atoms with E-state index in [1.165, 1.54) is 0 Å². The van der Waals surface area contributed by atoms with Gasteiger partial charge in [-0.1, -0.05) is 12.1 Å². The van der Waals surface area contributed by atoms with Crippen LogP contribution >= 0.6 is 24.0 Å². The molecule has 0 spiro atoms. The molecule has 0 bridgehead atoms. The summed E-state index contributed by atoms with van der Waals surface area (Å²) in [6, 6.07) is 13.6. The number of nitrogens with one attached hydrogen (secondary N) is 1. The van der Waals surface area contributed by atoms with Crippen LogP contribution < -0.4 is 20.5 Å². The van der Waals surface area contributed by atoms with Gasteiger partial charge in [0, 0.05) is 5.69 Å². The van der Waals surface area contributed by atoms with E-state index >= 15 is 0 Å². The Balaban J connectivity index is 0.00000312. The highest BCUT2D eigenvalue weighted by molar-refractivity contribution is 14.0. The SMILES string of the molecule is COc1cc(CN=C(N)Nc2ccc(OC(C)C)cc2)ccc1C.I. The van der Waals surface area contributed by atoms with E-state index in [9.17, 15) is 0 Å². The highest BCUT2D eigenvalue weighted by Gasteiger charge is 2.02. The van der Waals surface area contributed by atoms with Gasteiger partial charge in [-0.15, -0.1) is 24.0 Å². The number of methoxy groups -OCH3 is 1. The second-order valence-electron chi connectivity index (χ2n) is 5.82. The van der Waals surface area contributed by atoms with Crippen molar-refractivity contribution < 1.29 is 9.47 Å². The minimum atomic E-state index is 0. The Morgan fingerprint density at radius 3 is 2.44 bits per heavy atom. The lowest BCUT2D eigenvalue weighted by molar-refractivity contribution is 0.242. The molecule has 25 heavy (non-hydrogen) atoms. The Morgan fingerprint density at radius 1 is 1.16 bits per heavy atom. The van der Waals surface area contributed by atoms with Gasteiger partial charge in [0.05, 0.1) is 19.8 Å². The van der Waals surface area contributed by atoms with Crippen molar-refractivity contribution in [2.75, 3.05) is 12.4 Å². The Kier molecular flexibility index (Phi) is 8.54. The highest BCUT2D eigenvalue weighted by atomic mass is 127. The van der Waals surface area contributed by atoms with Crippen LogP contribution in [0.25, 0.3) is 0 Å². The third-order valence-corrected chi connectivity index (χ3v) is 3.40. The maximum atomic E-state index is 5.95. The third kappa shape index (κ3) is 6.81. The molecule has 2 aromatic rings. The summed E-state index contributed by atoms with van der Waals surface area (Å²) in [5.74, 6) is 2.06. The summed E-state index contributed by atoms with van der Waals surface area (Å²) in [6.07, 6.45) is 0.155. The highest BCUT2D eigenvalue weighted by Crippen LogP contribution is 2.20. The number of benzene rings is 2. The number of hydrogen-bond donors (Lipinski definition) is 2.